The topological polar surface area (TPSA) is 43.1 Å². The number of alkyl halides is 1. The molecule has 1 aromatic heterocycles. The van der Waals surface area contributed by atoms with Crippen LogP contribution in [-0.4, -0.2) is 20.5 Å². The SMILES string of the molecule is BrCc1nnc2n1-c1ccc(Br)cc1C(c1ccccc1)=NC2. The van der Waals surface area contributed by atoms with Crippen molar-refractivity contribution in [3.05, 3.63) is 75.8 Å². The molecule has 0 fully saturated rings. The van der Waals surface area contributed by atoms with Crippen molar-refractivity contribution in [2.45, 2.75) is 11.9 Å². The van der Waals surface area contributed by atoms with E-state index in [1.165, 1.54) is 0 Å². The summed E-state index contributed by atoms with van der Waals surface area (Å²) in [6.45, 7) is 0.510. The van der Waals surface area contributed by atoms with Gasteiger partial charge in [-0.3, -0.25) is 9.56 Å². The second-order valence-electron chi connectivity index (χ2n) is 5.19. The van der Waals surface area contributed by atoms with E-state index in [9.17, 15) is 0 Å². The van der Waals surface area contributed by atoms with Crippen molar-refractivity contribution in [2.24, 2.45) is 4.99 Å². The Morgan fingerprint density at radius 1 is 1.04 bits per heavy atom. The van der Waals surface area contributed by atoms with Gasteiger partial charge in [-0.15, -0.1) is 10.2 Å². The Labute approximate surface area is 150 Å². The Balaban J connectivity index is 2.00. The fraction of sp³-hybridized carbons (Fsp3) is 0.118. The molecule has 3 aromatic rings. The van der Waals surface area contributed by atoms with Gasteiger partial charge in [0.15, 0.2) is 5.82 Å². The van der Waals surface area contributed by atoms with E-state index in [4.69, 9.17) is 4.99 Å². The van der Waals surface area contributed by atoms with E-state index in [1.807, 2.05) is 24.3 Å². The Hall–Kier alpha value is -1.79. The Morgan fingerprint density at radius 2 is 1.87 bits per heavy atom. The minimum absolute atomic E-state index is 0.510. The summed E-state index contributed by atoms with van der Waals surface area (Å²) in [7, 11) is 0. The number of aliphatic imine (C=N–C) groups is 1. The maximum atomic E-state index is 4.82. The predicted octanol–water partition coefficient (Wildman–Crippen LogP) is 4.28. The number of nitrogens with zero attached hydrogens (tertiary/aromatic N) is 4. The molecular weight excluding hydrogens is 420 g/mol. The van der Waals surface area contributed by atoms with Crippen LogP contribution in [0.3, 0.4) is 0 Å². The Bertz CT molecular complexity index is 900. The van der Waals surface area contributed by atoms with Crippen LogP contribution in [0, 0.1) is 0 Å². The summed E-state index contributed by atoms with van der Waals surface area (Å²) in [6, 6.07) is 16.5. The molecular formula is C17H12Br2N4. The van der Waals surface area contributed by atoms with Crippen LogP contribution in [-0.2, 0) is 11.9 Å². The van der Waals surface area contributed by atoms with E-state index < -0.39 is 0 Å². The fourth-order valence-electron chi connectivity index (χ4n) is 2.79. The molecule has 0 saturated carbocycles. The van der Waals surface area contributed by atoms with E-state index >= 15 is 0 Å². The van der Waals surface area contributed by atoms with Crippen LogP contribution in [0.15, 0.2) is 58.0 Å². The first-order valence-electron chi connectivity index (χ1n) is 7.17. The van der Waals surface area contributed by atoms with Gasteiger partial charge in [-0.1, -0.05) is 62.2 Å². The number of halogens is 2. The van der Waals surface area contributed by atoms with Crippen molar-refractivity contribution in [2.75, 3.05) is 0 Å². The molecule has 0 N–H and O–H groups in total. The highest BCUT2D eigenvalue weighted by Crippen LogP contribution is 2.28. The number of hydrogen-bond acceptors (Lipinski definition) is 3. The summed E-state index contributed by atoms with van der Waals surface area (Å²) >= 11 is 7.08. The summed E-state index contributed by atoms with van der Waals surface area (Å²) in [5, 5.41) is 9.21. The highest BCUT2D eigenvalue weighted by atomic mass is 79.9. The highest BCUT2D eigenvalue weighted by molar-refractivity contribution is 9.10. The van der Waals surface area contributed by atoms with Crippen molar-refractivity contribution in [3.8, 4) is 5.69 Å². The van der Waals surface area contributed by atoms with Crippen LogP contribution in [0.2, 0.25) is 0 Å². The van der Waals surface area contributed by atoms with Crippen LogP contribution in [0.4, 0.5) is 0 Å². The third kappa shape index (κ3) is 2.56. The molecule has 0 aliphatic carbocycles. The molecule has 0 unspecified atom stereocenters. The van der Waals surface area contributed by atoms with Gasteiger partial charge in [-0.2, -0.15) is 0 Å². The lowest BCUT2D eigenvalue weighted by Crippen LogP contribution is -2.09. The molecule has 1 aliphatic heterocycles. The first-order valence-corrected chi connectivity index (χ1v) is 9.08. The third-order valence-electron chi connectivity index (χ3n) is 3.80. The van der Waals surface area contributed by atoms with Gasteiger partial charge in [0, 0.05) is 15.6 Å². The number of hydrogen-bond donors (Lipinski definition) is 0. The molecule has 1 aliphatic rings. The average Bonchev–Trinajstić information content (AvgIpc) is 2.92. The van der Waals surface area contributed by atoms with Crippen molar-refractivity contribution in [3.63, 3.8) is 0 Å². The second kappa shape index (κ2) is 6.02. The quantitative estimate of drug-likeness (QED) is 0.568. The number of rotatable bonds is 2. The summed E-state index contributed by atoms with van der Waals surface area (Å²) in [4.78, 5) is 4.82. The van der Waals surface area contributed by atoms with E-state index in [2.05, 4.69) is 70.9 Å². The lowest BCUT2D eigenvalue weighted by atomic mass is 10.0. The molecule has 23 heavy (non-hydrogen) atoms. The van der Waals surface area contributed by atoms with Gasteiger partial charge < -0.3 is 0 Å². The number of fused-ring (bicyclic) bond motifs is 3. The molecule has 0 radical (unpaired) electrons. The molecule has 114 valence electrons. The smallest absolute Gasteiger partial charge is 0.159 e. The predicted molar refractivity (Wildman–Crippen MR) is 97.5 cm³/mol. The molecule has 2 aromatic carbocycles. The van der Waals surface area contributed by atoms with E-state index in [-0.39, 0.29) is 0 Å². The molecule has 0 atom stereocenters. The normalized spacial score (nSPS) is 13.0. The molecule has 4 nitrogen and oxygen atoms in total. The van der Waals surface area contributed by atoms with Crippen molar-refractivity contribution < 1.29 is 0 Å². The number of benzene rings is 2. The van der Waals surface area contributed by atoms with E-state index in [0.717, 1.165) is 38.6 Å². The first-order chi connectivity index (χ1) is 11.3. The van der Waals surface area contributed by atoms with Gasteiger partial charge in [-0.05, 0) is 18.2 Å². The molecule has 0 spiro atoms. The summed E-state index contributed by atoms with van der Waals surface area (Å²) < 4.78 is 3.12. The zero-order valence-corrected chi connectivity index (χ0v) is 15.2. The van der Waals surface area contributed by atoms with Gasteiger partial charge >= 0.3 is 0 Å². The molecule has 4 rings (SSSR count). The van der Waals surface area contributed by atoms with Crippen molar-refractivity contribution in [1.82, 2.24) is 14.8 Å². The van der Waals surface area contributed by atoms with E-state index in [1.54, 1.807) is 0 Å². The van der Waals surface area contributed by atoms with Gasteiger partial charge in [0.1, 0.15) is 12.4 Å². The maximum Gasteiger partial charge on any atom is 0.159 e. The number of aromatic nitrogens is 3. The Morgan fingerprint density at radius 3 is 2.65 bits per heavy atom. The zero-order valence-electron chi connectivity index (χ0n) is 12.1. The molecule has 0 saturated heterocycles. The maximum absolute atomic E-state index is 4.82. The first kappa shape index (κ1) is 14.8. The van der Waals surface area contributed by atoms with Crippen LogP contribution >= 0.6 is 31.9 Å². The van der Waals surface area contributed by atoms with Crippen LogP contribution in [0.1, 0.15) is 22.8 Å². The van der Waals surface area contributed by atoms with Gasteiger partial charge in [-0.25, -0.2) is 0 Å². The molecule has 0 amide bonds. The largest absolute Gasteiger partial charge is 0.280 e. The zero-order chi connectivity index (χ0) is 15.8. The minimum Gasteiger partial charge on any atom is -0.280 e. The van der Waals surface area contributed by atoms with Crippen molar-refractivity contribution >= 4 is 37.6 Å². The molecule has 2 heterocycles. The minimum atomic E-state index is 0.510. The fourth-order valence-corrected chi connectivity index (χ4v) is 3.52. The molecule has 0 bridgehead atoms. The van der Waals surface area contributed by atoms with Gasteiger partial charge in [0.05, 0.1) is 16.7 Å². The Kier molecular flexibility index (Phi) is 3.87. The lowest BCUT2D eigenvalue weighted by molar-refractivity contribution is 0.860. The third-order valence-corrected chi connectivity index (χ3v) is 4.79. The standard InChI is InChI=1S/C17H12Br2N4/c18-9-15-21-22-16-10-20-17(11-4-2-1-3-5-11)13-8-12(19)6-7-14(13)23(15)16/h1-8H,9-10H2. The average molecular weight is 432 g/mol. The van der Waals surface area contributed by atoms with Crippen LogP contribution < -0.4 is 0 Å². The summed E-state index contributed by atoms with van der Waals surface area (Å²) in [6.07, 6.45) is 0. The summed E-state index contributed by atoms with van der Waals surface area (Å²) in [5.74, 6) is 1.74. The highest BCUT2D eigenvalue weighted by Gasteiger charge is 2.22. The summed E-state index contributed by atoms with van der Waals surface area (Å²) in [5.41, 5.74) is 4.22. The van der Waals surface area contributed by atoms with Gasteiger partial charge in [0.25, 0.3) is 0 Å². The van der Waals surface area contributed by atoms with Gasteiger partial charge in [0.2, 0.25) is 0 Å². The van der Waals surface area contributed by atoms with Crippen LogP contribution in [0.5, 0.6) is 0 Å². The monoisotopic (exact) mass is 430 g/mol. The second-order valence-corrected chi connectivity index (χ2v) is 6.67. The van der Waals surface area contributed by atoms with Crippen molar-refractivity contribution in [1.29, 1.82) is 0 Å². The molecule has 6 heteroatoms. The van der Waals surface area contributed by atoms with Crippen LogP contribution in [0.25, 0.3) is 5.69 Å². The lowest BCUT2D eigenvalue weighted by Gasteiger charge is -2.13. The van der Waals surface area contributed by atoms with E-state index in [0.29, 0.717) is 11.9 Å².